The van der Waals surface area contributed by atoms with E-state index in [1.54, 1.807) is 0 Å². The Balaban J connectivity index is 1.91. The molecule has 0 bridgehead atoms. The summed E-state index contributed by atoms with van der Waals surface area (Å²) in [6.45, 7) is -1.36. The van der Waals surface area contributed by atoms with Crippen molar-refractivity contribution in [2.75, 3.05) is 13.1 Å². The highest BCUT2D eigenvalue weighted by atomic mass is 19.4. The predicted molar refractivity (Wildman–Crippen MR) is 80.6 cm³/mol. The molecule has 1 aromatic carbocycles. The maximum absolute atomic E-state index is 14.0. The van der Waals surface area contributed by atoms with Gasteiger partial charge in [0.05, 0.1) is 29.3 Å². The van der Waals surface area contributed by atoms with Crippen LogP contribution >= 0.6 is 0 Å². The van der Waals surface area contributed by atoms with Crippen LogP contribution in [0.25, 0.3) is 11.3 Å². The number of nitrogens with zero attached hydrogens (tertiary/aromatic N) is 2. The number of aromatic amines is 1. The lowest BCUT2D eigenvalue weighted by atomic mass is 9.96. The average Bonchev–Trinajstić information content (AvgIpc) is 3.21. The van der Waals surface area contributed by atoms with Gasteiger partial charge in [-0.15, -0.1) is 0 Å². The molecule has 1 fully saturated rings. The summed E-state index contributed by atoms with van der Waals surface area (Å²) in [4.78, 5) is 24.6. The number of nitrogens with one attached hydrogen (secondary N) is 1. The zero-order valence-corrected chi connectivity index (χ0v) is 13.1. The number of aliphatic carboxylic acids is 1. The summed E-state index contributed by atoms with van der Waals surface area (Å²) < 4.78 is 53.2. The number of rotatable bonds is 3. The molecule has 1 aliphatic heterocycles. The minimum Gasteiger partial charge on any atom is -0.481 e. The molecule has 138 valence electrons. The van der Waals surface area contributed by atoms with E-state index >= 15 is 0 Å². The van der Waals surface area contributed by atoms with Crippen LogP contribution in [0.5, 0.6) is 0 Å². The first kappa shape index (κ1) is 17.9. The topological polar surface area (TPSA) is 86.3 Å². The molecule has 0 spiro atoms. The van der Waals surface area contributed by atoms with Crippen molar-refractivity contribution < 1.29 is 32.3 Å². The molecule has 0 unspecified atom stereocenters. The van der Waals surface area contributed by atoms with Crippen LogP contribution in [-0.4, -0.2) is 51.3 Å². The Morgan fingerprint density at radius 2 is 1.92 bits per heavy atom. The number of carboxylic acid groups (broad SMARTS) is 1. The first-order chi connectivity index (χ1) is 12.2. The number of benzene rings is 1. The molecular formula is C16H13F4N3O3. The van der Waals surface area contributed by atoms with E-state index in [1.807, 2.05) is 0 Å². The monoisotopic (exact) mass is 371 g/mol. The van der Waals surface area contributed by atoms with E-state index in [1.165, 1.54) is 24.3 Å². The van der Waals surface area contributed by atoms with E-state index in [2.05, 4.69) is 10.2 Å². The molecule has 3 rings (SSSR count). The number of carboxylic acids is 1. The molecule has 1 aromatic heterocycles. The van der Waals surface area contributed by atoms with Crippen molar-refractivity contribution >= 4 is 11.9 Å². The normalized spacial score (nSPS) is 20.4. The van der Waals surface area contributed by atoms with E-state index in [-0.39, 0.29) is 16.8 Å². The molecule has 2 atom stereocenters. The molecule has 1 saturated heterocycles. The maximum Gasteiger partial charge on any atom is 0.394 e. The molecule has 2 N–H and O–H groups in total. The Hall–Kier alpha value is -2.91. The van der Waals surface area contributed by atoms with E-state index in [0.29, 0.717) is 0 Å². The summed E-state index contributed by atoms with van der Waals surface area (Å²) in [5.74, 6) is -7.00. The summed E-state index contributed by atoms with van der Waals surface area (Å²) in [6.07, 6.45) is -3.66. The number of alkyl halides is 3. The van der Waals surface area contributed by atoms with Gasteiger partial charge >= 0.3 is 12.1 Å². The second-order valence-corrected chi connectivity index (χ2v) is 5.94. The molecule has 0 saturated carbocycles. The number of hydrogen-bond donors (Lipinski definition) is 2. The van der Waals surface area contributed by atoms with Crippen LogP contribution in [0.15, 0.2) is 30.5 Å². The third-order valence-electron chi connectivity index (χ3n) is 4.36. The van der Waals surface area contributed by atoms with E-state index in [4.69, 9.17) is 5.11 Å². The van der Waals surface area contributed by atoms with Crippen molar-refractivity contribution in [1.29, 1.82) is 0 Å². The fourth-order valence-electron chi connectivity index (χ4n) is 3.04. The van der Waals surface area contributed by atoms with E-state index in [9.17, 15) is 27.2 Å². The first-order valence-electron chi connectivity index (χ1n) is 7.57. The van der Waals surface area contributed by atoms with Crippen LogP contribution in [0.4, 0.5) is 17.6 Å². The lowest BCUT2D eigenvalue weighted by Gasteiger charge is -2.18. The van der Waals surface area contributed by atoms with Crippen LogP contribution < -0.4 is 0 Å². The smallest absolute Gasteiger partial charge is 0.394 e. The Kier molecular flexibility index (Phi) is 4.43. The van der Waals surface area contributed by atoms with Crippen LogP contribution in [0.1, 0.15) is 10.4 Å². The van der Waals surface area contributed by atoms with Crippen LogP contribution in [-0.2, 0) is 4.79 Å². The molecule has 0 radical (unpaired) electrons. The number of aromatic nitrogens is 2. The van der Waals surface area contributed by atoms with Gasteiger partial charge in [-0.3, -0.25) is 14.7 Å². The number of amides is 1. The second-order valence-electron chi connectivity index (χ2n) is 5.94. The van der Waals surface area contributed by atoms with Gasteiger partial charge in [0.2, 0.25) is 0 Å². The van der Waals surface area contributed by atoms with Crippen LogP contribution in [0.2, 0.25) is 0 Å². The maximum atomic E-state index is 14.0. The van der Waals surface area contributed by atoms with Crippen molar-refractivity contribution in [2.45, 2.75) is 6.18 Å². The molecule has 2 heterocycles. The van der Waals surface area contributed by atoms with Gasteiger partial charge < -0.3 is 10.0 Å². The number of halogens is 4. The summed E-state index contributed by atoms with van der Waals surface area (Å²) in [5.41, 5.74) is -0.0628. The van der Waals surface area contributed by atoms with E-state index < -0.39 is 48.8 Å². The zero-order valence-electron chi connectivity index (χ0n) is 13.1. The molecule has 2 aromatic rings. The Labute approximate surface area is 144 Å². The Morgan fingerprint density at radius 3 is 2.50 bits per heavy atom. The number of hydrogen-bond acceptors (Lipinski definition) is 3. The molecular weight excluding hydrogens is 358 g/mol. The van der Waals surface area contributed by atoms with Gasteiger partial charge in [0.1, 0.15) is 5.82 Å². The third-order valence-corrected chi connectivity index (χ3v) is 4.36. The second kappa shape index (κ2) is 6.43. The number of carbonyl (C=O) groups excluding carboxylic acids is 1. The van der Waals surface area contributed by atoms with E-state index in [0.717, 1.165) is 11.1 Å². The highest BCUT2D eigenvalue weighted by Gasteiger charge is 2.53. The fraction of sp³-hybridized carbons (Fsp3) is 0.312. The molecule has 10 heteroatoms. The summed E-state index contributed by atoms with van der Waals surface area (Å²) >= 11 is 0. The van der Waals surface area contributed by atoms with Crippen molar-refractivity contribution in [3.63, 3.8) is 0 Å². The molecule has 1 aliphatic rings. The fourth-order valence-corrected chi connectivity index (χ4v) is 3.04. The molecule has 1 amide bonds. The summed E-state index contributed by atoms with van der Waals surface area (Å²) in [5, 5.41) is 15.2. The highest BCUT2D eigenvalue weighted by molar-refractivity contribution is 6.00. The third kappa shape index (κ3) is 3.14. The number of likely N-dealkylation sites (tertiary alicyclic amines) is 1. The van der Waals surface area contributed by atoms with Crippen molar-refractivity contribution in [2.24, 2.45) is 11.8 Å². The molecule has 6 nitrogen and oxygen atoms in total. The minimum absolute atomic E-state index is 0.0235. The zero-order chi connectivity index (χ0) is 19.1. The Bertz CT molecular complexity index is 849. The standard InChI is InChI=1S/C16H13F4N3O3/c17-12-4-2-1-3-8(12)13-9(5-21-22-13)14(24)23-6-10(15(25)26)11(7-23)16(18,19)20/h1-5,10-11H,6-7H2,(H,21,22)(H,25,26)/t10-,11-/m1/s1. The SMILES string of the molecule is O=C(O)[C@@H]1CN(C(=O)c2cn[nH]c2-c2ccccc2F)C[C@H]1C(F)(F)F. The number of H-pyrrole nitrogens is 1. The van der Waals surface area contributed by atoms with Gasteiger partial charge in [-0.25, -0.2) is 4.39 Å². The minimum atomic E-state index is -4.75. The average molecular weight is 371 g/mol. The molecule has 0 aliphatic carbocycles. The van der Waals surface area contributed by atoms with Gasteiger partial charge in [-0.05, 0) is 12.1 Å². The lowest BCUT2D eigenvalue weighted by Crippen LogP contribution is -2.34. The quantitative estimate of drug-likeness (QED) is 0.812. The molecule has 26 heavy (non-hydrogen) atoms. The summed E-state index contributed by atoms with van der Waals surface area (Å²) in [7, 11) is 0. The van der Waals surface area contributed by atoms with Gasteiger partial charge in [0.25, 0.3) is 5.91 Å². The van der Waals surface area contributed by atoms with Gasteiger partial charge in [-0.1, -0.05) is 12.1 Å². The van der Waals surface area contributed by atoms with Gasteiger partial charge in [0, 0.05) is 18.7 Å². The van der Waals surface area contributed by atoms with Crippen LogP contribution in [0, 0.1) is 17.7 Å². The van der Waals surface area contributed by atoms with Crippen LogP contribution in [0.3, 0.4) is 0 Å². The van der Waals surface area contributed by atoms with Gasteiger partial charge in [0.15, 0.2) is 0 Å². The van der Waals surface area contributed by atoms with Crippen molar-refractivity contribution in [3.8, 4) is 11.3 Å². The van der Waals surface area contributed by atoms with Crippen molar-refractivity contribution in [1.82, 2.24) is 15.1 Å². The lowest BCUT2D eigenvalue weighted by molar-refractivity contribution is -0.187. The predicted octanol–water partition coefficient (Wildman–Crippen LogP) is 2.55. The highest BCUT2D eigenvalue weighted by Crippen LogP contribution is 2.38. The largest absolute Gasteiger partial charge is 0.481 e. The first-order valence-corrected chi connectivity index (χ1v) is 7.57. The summed E-state index contributed by atoms with van der Waals surface area (Å²) in [6, 6.07) is 5.54. The van der Waals surface area contributed by atoms with Gasteiger partial charge in [-0.2, -0.15) is 18.3 Å². The van der Waals surface area contributed by atoms with Crippen molar-refractivity contribution in [3.05, 3.63) is 41.8 Å². The number of carbonyl (C=O) groups is 2. The Morgan fingerprint density at radius 1 is 1.23 bits per heavy atom.